The Kier molecular flexibility index (Phi) is 3.51. The van der Waals surface area contributed by atoms with Crippen LogP contribution < -0.4 is 5.32 Å². The van der Waals surface area contributed by atoms with Gasteiger partial charge in [0.1, 0.15) is 16.5 Å². The second-order valence-electron chi connectivity index (χ2n) is 5.22. The van der Waals surface area contributed by atoms with E-state index in [0.717, 1.165) is 35.1 Å². The molecule has 1 amide bonds. The summed E-state index contributed by atoms with van der Waals surface area (Å²) in [4.78, 5) is 22.2. The van der Waals surface area contributed by atoms with Crippen molar-refractivity contribution in [2.45, 2.75) is 25.4 Å². The third-order valence-corrected chi connectivity index (χ3v) is 5.62. The number of rotatable bonds is 3. The van der Waals surface area contributed by atoms with Gasteiger partial charge in [0.05, 0.1) is 4.88 Å². The molecule has 1 aliphatic heterocycles. The number of thiazole rings is 1. The average molecular weight is 330 g/mol. The molecule has 0 aliphatic carbocycles. The molecule has 0 radical (unpaired) electrons. The molecule has 3 aromatic rings. The second kappa shape index (κ2) is 5.66. The molecular weight excluding hydrogens is 316 g/mol. The number of thiophene rings is 1. The van der Waals surface area contributed by atoms with Gasteiger partial charge in [0.2, 0.25) is 0 Å². The summed E-state index contributed by atoms with van der Waals surface area (Å²) in [6, 6.07) is 4.15. The minimum atomic E-state index is -0.0902. The van der Waals surface area contributed by atoms with Crippen LogP contribution in [0.4, 0.5) is 0 Å². The molecule has 1 atom stereocenters. The van der Waals surface area contributed by atoms with Gasteiger partial charge in [0.15, 0.2) is 0 Å². The predicted octanol–water partition coefficient (Wildman–Crippen LogP) is 2.81. The van der Waals surface area contributed by atoms with E-state index in [1.807, 2.05) is 35.3 Å². The smallest absolute Gasteiger partial charge is 0.271 e. The summed E-state index contributed by atoms with van der Waals surface area (Å²) in [6.07, 6.45) is 5.60. The van der Waals surface area contributed by atoms with E-state index in [1.54, 1.807) is 11.3 Å². The first-order chi connectivity index (χ1) is 10.8. The minimum Gasteiger partial charge on any atom is -0.346 e. The molecule has 3 aromatic heterocycles. The van der Waals surface area contributed by atoms with Crippen molar-refractivity contribution in [3.05, 3.63) is 46.8 Å². The SMILES string of the molecule is O=C(NC1CCc2nccn2C1)c1csc(-c2cccs2)n1. The quantitative estimate of drug-likeness (QED) is 0.803. The number of carbonyl (C=O) groups is 1. The molecule has 0 aromatic carbocycles. The van der Waals surface area contributed by atoms with Crippen LogP contribution in [0.2, 0.25) is 0 Å². The molecule has 1 N–H and O–H groups in total. The van der Waals surface area contributed by atoms with E-state index in [2.05, 4.69) is 19.9 Å². The molecule has 1 unspecified atom stereocenters. The first-order valence-corrected chi connectivity index (χ1v) is 8.86. The highest BCUT2D eigenvalue weighted by atomic mass is 32.1. The second-order valence-corrected chi connectivity index (χ2v) is 7.03. The molecule has 0 fully saturated rings. The van der Waals surface area contributed by atoms with Crippen molar-refractivity contribution in [2.24, 2.45) is 0 Å². The van der Waals surface area contributed by atoms with Crippen molar-refractivity contribution < 1.29 is 4.79 Å². The Morgan fingerprint density at radius 2 is 2.36 bits per heavy atom. The predicted molar refractivity (Wildman–Crippen MR) is 87.2 cm³/mol. The van der Waals surface area contributed by atoms with Crippen LogP contribution in [0.1, 0.15) is 22.7 Å². The van der Waals surface area contributed by atoms with Crippen LogP contribution in [0.5, 0.6) is 0 Å². The van der Waals surface area contributed by atoms with Crippen LogP contribution in [0, 0.1) is 0 Å². The Morgan fingerprint density at radius 1 is 1.41 bits per heavy atom. The van der Waals surface area contributed by atoms with Gasteiger partial charge in [-0.05, 0) is 17.9 Å². The Hall–Kier alpha value is -1.99. The molecule has 0 saturated heterocycles. The van der Waals surface area contributed by atoms with Gasteiger partial charge in [0, 0.05) is 36.8 Å². The topological polar surface area (TPSA) is 59.8 Å². The molecule has 0 saturated carbocycles. The Bertz CT molecular complexity index is 790. The van der Waals surface area contributed by atoms with E-state index in [0.29, 0.717) is 5.69 Å². The Balaban J connectivity index is 1.45. The summed E-state index contributed by atoms with van der Waals surface area (Å²) in [5.41, 5.74) is 0.504. The van der Waals surface area contributed by atoms with Gasteiger partial charge in [-0.15, -0.1) is 22.7 Å². The minimum absolute atomic E-state index is 0.0902. The van der Waals surface area contributed by atoms with Gasteiger partial charge in [-0.2, -0.15) is 0 Å². The maximum absolute atomic E-state index is 12.4. The number of carbonyl (C=O) groups excluding carboxylic acids is 1. The zero-order valence-electron chi connectivity index (χ0n) is 11.7. The lowest BCUT2D eigenvalue weighted by Crippen LogP contribution is -2.41. The summed E-state index contributed by atoms with van der Waals surface area (Å²) in [5.74, 6) is 1.01. The summed E-state index contributed by atoms with van der Waals surface area (Å²) in [5, 5.41) is 7.83. The third-order valence-electron chi connectivity index (χ3n) is 3.74. The van der Waals surface area contributed by atoms with E-state index in [-0.39, 0.29) is 11.9 Å². The number of hydrogen-bond donors (Lipinski definition) is 1. The molecule has 4 rings (SSSR count). The van der Waals surface area contributed by atoms with Crippen LogP contribution in [-0.4, -0.2) is 26.5 Å². The van der Waals surface area contributed by atoms with Gasteiger partial charge < -0.3 is 9.88 Å². The van der Waals surface area contributed by atoms with Crippen molar-refractivity contribution in [1.82, 2.24) is 19.9 Å². The maximum atomic E-state index is 12.4. The van der Waals surface area contributed by atoms with Crippen LogP contribution >= 0.6 is 22.7 Å². The molecule has 7 heteroatoms. The third kappa shape index (κ3) is 2.57. The summed E-state index contributed by atoms with van der Waals surface area (Å²) < 4.78 is 2.10. The van der Waals surface area contributed by atoms with Crippen LogP contribution in [0.15, 0.2) is 35.3 Å². The van der Waals surface area contributed by atoms with Crippen molar-refractivity contribution >= 4 is 28.6 Å². The maximum Gasteiger partial charge on any atom is 0.271 e. The van der Waals surface area contributed by atoms with Gasteiger partial charge >= 0.3 is 0 Å². The van der Waals surface area contributed by atoms with E-state index in [9.17, 15) is 4.79 Å². The average Bonchev–Trinajstić information content (AvgIpc) is 3.26. The first-order valence-electron chi connectivity index (χ1n) is 7.10. The lowest BCUT2D eigenvalue weighted by atomic mass is 10.1. The zero-order valence-corrected chi connectivity index (χ0v) is 13.4. The van der Waals surface area contributed by atoms with Crippen molar-refractivity contribution in [3.63, 3.8) is 0 Å². The number of nitrogens with one attached hydrogen (secondary N) is 1. The summed E-state index contributed by atoms with van der Waals surface area (Å²) in [7, 11) is 0. The lowest BCUT2D eigenvalue weighted by molar-refractivity contribution is 0.0923. The van der Waals surface area contributed by atoms with Crippen molar-refractivity contribution in [1.29, 1.82) is 0 Å². The fourth-order valence-electron chi connectivity index (χ4n) is 2.64. The molecule has 5 nitrogen and oxygen atoms in total. The highest BCUT2D eigenvalue weighted by Gasteiger charge is 2.22. The highest BCUT2D eigenvalue weighted by Crippen LogP contribution is 2.27. The van der Waals surface area contributed by atoms with E-state index in [4.69, 9.17) is 0 Å². The first kappa shape index (κ1) is 13.7. The summed E-state index contributed by atoms with van der Waals surface area (Å²) in [6.45, 7) is 0.781. The normalized spacial score (nSPS) is 17.2. The van der Waals surface area contributed by atoms with Gasteiger partial charge in [0.25, 0.3) is 5.91 Å². The number of fused-ring (bicyclic) bond motifs is 1. The van der Waals surface area contributed by atoms with Crippen molar-refractivity contribution in [3.8, 4) is 9.88 Å². The Morgan fingerprint density at radius 3 is 3.23 bits per heavy atom. The number of amides is 1. The number of hydrogen-bond acceptors (Lipinski definition) is 5. The fourth-order valence-corrected chi connectivity index (χ4v) is 4.25. The van der Waals surface area contributed by atoms with E-state index < -0.39 is 0 Å². The summed E-state index contributed by atoms with van der Waals surface area (Å²) >= 11 is 3.15. The standard InChI is InChI=1S/C15H14N4OS2/c20-14(11-9-22-15(18-11)12-2-1-7-21-12)17-10-3-4-13-16-5-6-19(13)8-10/h1-2,5-7,9-10H,3-4,8H2,(H,17,20). The molecule has 22 heavy (non-hydrogen) atoms. The van der Waals surface area contributed by atoms with Crippen LogP contribution in [0.3, 0.4) is 0 Å². The van der Waals surface area contributed by atoms with Crippen molar-refractivity contribution in [2.75, 3.05) is 0 Å². The van der Waals surface area contributed by atoms with Crippen LogP contribution in [0.25, 0.3) is 9.88 Å². The van der Waals surface area contributed by atoms with E-state index >= 15 is 0 Å². The van der Waals surface area contributed by atoms with E-state index in [1.165, 1.54) is 11.3 Å². The number of aromatic nitrogens is 3. The fraction of sp³-hybridized carbons (Fsp3) is 0.267. The molecule has 0 spiro atoms. The monoisotopic (exact) mass is 330 g/mol. The number of nitrogens with zero attached hydrogens (tertiary/aromatic N) is 3. The van der Waals surface area contributed by atoms with Crippen LogP contribution in [-0.2, 0) is 13.0 Å². The van der Waals surface area contributed by atoms with Gasteiger partial charge in [-0.3, -0.25) is 4.79 Å². The number of imidazole rings is 1. The van der Waals surface area contributed by atoms with Gasteiger partial charge in [-0.25, -0.2) is 9.97 Å². The molecular formula is C15H14N4OS2. The van der Waals surface area contributed by atoms with Gasteiger partial charge in [-0.1, -0.05) is 6.07 Å². The molecule has 4 heterocycles. The number of aryl methyl sites for hydroxylation is 1. The molecule has 1 aliphatic rings. The largest absolute Gasteiger partial charge is 0.346 e. The zero-order chi connectivity index (χ0) is 14.9. The molecule has 0 bridgehead atoms. The Labute approximate surface area is 135 Å². The lowest BCUT2D eigenvalue weighted by Gasteiger charge is -2.24. The molecule has 112 valence electrons. The highest BCUT2D eigenvalue weighted by molar-refractivity contribution is 7.20.